The summed E-state index contributed by atoms with van der Waals surface area (Å²) in [6.07, 6.45) is 0. The zero-order valence-corrected chi connectivity index (χ0v) is 19.4. The lowest BCUT2D eigenvalue weighted by atomic mass is 10.2. The first-order valence-electron chi connectivity index (χ1n) is 10.9. The van der Waals surface area contributed by atoms with Crippen molar-refractivity contribution in [1.29, 1.82) is 0 Å². The van der Waals surface area contributed by atoms with Crippen LogP contribution < -0.4 is 9.46 Å². The van der Waals surface area contributed by atoms with Crippen LogP contribution in [0.1, 0.15) is 5.56 Å². The summed E-state index contributed by atoms with van der Waals surface area (Å²) in [5.41, 5.74) is 1.51. The predicted octanol–water partition coefficient (Wildman–Crippen LogP) is 3.35. The van der Waals surface area contributed by atoms with Crippen LogP contribution in [0.15, 0.2) is 83.8 Å². The molecule has 0 aromatic heterocycles. The van der Waals surface area contributed by atoms with Gasteiger partial charge in [0.05, 0.1) is 4.90 Å². The van der Waals surface area contributed by atoms with E-state index in [9.17, 15) is 17.6 Å². The van der Waals surface area contributed by atoms with E-state index in [4.69, 9.17) is 4.74 Å². The molecule has 3 aromatic rings. The fourth-order valence-corrected chi connectivity index (χ4v) is 4.74. The third kappa shape index (κ3) is 6.33. The van der Waals surface area contributed by atoms with E-state index in [-0.39, 0.29) is 23.1 Å². The SMILES string of the molecule is O=C(COc1ccc(S(=O)(=O)Nc2ccc(F)cc2)cc1)N1CCN(Cc2ccccc2)CC1. The summed E-state index contributed by atoms with van der Waals surface area (Å²) in [6, 6.07) is 21.1. The van der Waals surface area contributed by atoms with Crippen molar-refractivity contribution in [3.8, 4) is 5.75 Å². The number of piperazine rings is 1. The molecule has 1 heterocycles. The number of ether oxygens (including phenoxy) is 1. The number of nitrogens with one attached hydrogen (secondary N) is 1. The number of rotatable bonds is 8. The molecule has 0 saturated carbocycles. The van der Waals surface area contributed by atoms with Crippen LogP contribution in [0.3, 0.4) is 0 Å². The number of carbonyl (C=O) groups is 1. The Bertz CT molecular complexity index is 1200. The number of hydrogen-bond donors (Lipinski definition) is 1. The van der Waals surface area contributed by atoms with Crippen LogP contribution in [0.25, 0.3) is 0 Å². The van der Waals surface area contributed by atoms with E-state index in [0.717, 1.165) is 19.6 Å². The van der Waals surface area contributed by atoms with Crippen LogP contribution in [0, 0.1) is 5.82 Å². The van der Waals surface area contributed by atoms with E-state index in [1.807, 2.05) is 18.2 Å². The lowest BCUT2D eigenvalue weighted by Gasteiger charge is -2.34. The van der Waals surface area contributed by atoms with E-state index in [1.54, 1.807) is 4.90 Å². The molecule has 4 rings (SSSR count). The maximum Gasteiger partial charge on any atom is 0.261 e. The number of sulfonamides is 1. The number of anilines is 1. The Morgan fingerprint density at radius 3 is 2.18 bits per heavy atom. The third-order valence-electron chi connectivity index (χ3n) is 5.57. The highest BCUT2D eigenvalue weighted by Gasteiger charge is 2.21. The predicted molar refractivity (Wildman–Crippen MR) is 127 cm³/mol. The molecule has 3 aromatic carbocycles. The lowest BCUT2D eigenvalue weighted by Crippen LogP contribution is -2.49. The lowest BCUT2D eigenvalue weighted by molar-refractivity contribution is -0.135. The van der Waals surface area contributed by atoms with E-state index in [2.05, 4.69) is 21.8 Å². The van der Waals surface area contributed by atoms with Gasteiger partial charge in [-0.3, -0.25) is 14.4 Å². The van der Waals surface area contributed by atoms with Crippen LogP contribution in [-0.2, 0) is 21.4 Å². The number of benzene rings is 3. The van der Waals surface area contributed by atoms with Gasteiger partial charge < -0.3 is 9.64 Å². The van der Waals surface area contributed by atoms with Crippen LogP contribution >= 0.6 is 0 Å². The minimum Gasteiger partial charge on any atom is -0.484 e. The topological polar surface area (TPSA) is 78.9 Å². The van der Waals surface area contributed by atoms with Gasteiger partial charge >= 0.3 is 0 Å². The van der Waals surface area contributed by atoms with Crippen molar-refractivity contribution in [2.24, 2.45) is 0 Å². The second-order valence-corrected chi connectivity index (χ2v) is 9.70. The van der Waals surface area contributed by atoms with Crippen LogP contribution in [0.5, 0.6) is 5.75 Å². The van der Waals surface area contributed by atoms with Gasteiger partial charge in [0.1, 0.15) is 11.6 Å². The Balaban J connectivity index is 1.24. The molecule has 1 amide bonds. The molecule has 1 aliphatic heterocycles. The number of hydrogen-bond acceptors (Lipinski definition) is 5. The molecule has 0 bridgehead atoms. The quantitative estimate of drug-likeness (QED) is 0.532. The summed E-state index contributed by atoms with van der Waals surface area (Å²) >= 11 is 0. The Morgan fingerprint density at radius 1 is 0.882 bits per heavy atom. The average Bonchev–Trinajstić information content (AvgIpc) is 2.85. The summed E-state index contributed by atoms with van der Waals surface area (Å²) in [4.78, 5) is 16.7. The second-order valence-electron chi connectivity index (χ2n) is 8.02. The van der Waals surface area contributed by atoms with Gasteiger partial charge in [0.2, 0.25) is 0 Å². The van der Waals surface area contributed by atoms with Gasteiger partial charge in [-0.1, -0.05) is 30.3 Å². The maximum absolute atomic E-state index is 13.0. The molecule has 0 atom stereocenters. The molecule has 9 heteroatoms. The van der Waals surface area contributed by atoms with E-state index in [0.29, 0.717) is 18.8 Å². The first-order chi connectivity index (χ1) is 16.4. The summed E-state index contributed by atoms with van der Waals surface area (Å²) in [6.45, 7) is 3.63. The smallest absolute Gasteiger partial charge is 0.261 e. The van der Waals surface area contributed by atoms with Gasteiger partial charge in [0.25, 0.3) is 15.9 Å². The summed E-state index contributed by atoms with van der Waals surface area (Å²) in [7, 11) is -3.83. The number of halogens is 1. The highest BCUT2D eigenvalue weighted by atomic mass is 32.2. The molecule has 0 unspecified atom stereocenters. The monoisotopic (exact) mass is 483 g/mol. The number of amides is 1. The van der Waals surface area contributed by atoms with Crippen molar-refractivity contribution in [3.05, 3.63) is 90.2 Å². The zero-order valence-electron chi connectivity index (χ0n) is 18.6. The Hall–Kier alpha value is -3.43. The van der Waals surface area contributed by atoms with Crippen molar-refractivity contribution in [2.75, 3.05) is 37.5 Å². The van der Waals surface area contributed by atoms with E-state index < -0.39 is 15.8 Å². The molecule has 7 nitrogen and oxygen atoms in total. The largest absolute Gasteiger partial charge is 0.484 e. The molecule has 34 heavy (non-hydrogen) atoms. The van der Waals surface area contributed by atoms with Gasteiger partial charge in [0.15, 0.2) is 6.61 Å². The van der Waals surface area contributed by atoms with Gasteiger partial charge in [-0.25, -0.2) is 12.8 Å². The van der Waals surface area contributed by atoms with Gasteiger partial charge in [-0.05, 0) is 54.1 Å². The minimum absolute atomic E-state index is 0.0324. The summed E-state index contributed by atoms with van der Waals surface area (Å²) in [5, 5.41) is 0. The Labute approximate surface area is 198 Å². The number of carbonyl (C=O) groups excluding carboxylic acids is 1. The molecular formula is C25H26FN3O4S. The molecular weight excluding hydrogens is 457 g/mol. The third-order valence-corrected chi connectivity index (χ3v) is 6.96. The van der Waals surface area contributed by atoms with Crippen LogP contribution in [0.4, 0.5) is 10.1 Å². The second kappa shape index (κ2) is 10.7. The molecule has 1 fully saturated rings. The van der Waals surface area contributed by atoms with Crippen molar-refractivity contribution in [1.82, 2.24) is 9.80 Å². The first-order valence-corrected chi connectivity index (χ1v) is 12.4. The van der Waals surface area contributed by atoms with Crippen molar-refractivity contribution < 1.29 is 22.3 Å². The molecule has 1 aliphatic rings. The molecule has 1 N–H and O–H groups in total. The molecule has 0 radical (unpaired) electrons. The van der Waals surface area contributed by atoms with Crippen molar-refractivity contribution in [3.63, 3.8) is 0 Å². The fraction of sp³-hybridized carbons (Fsp3) is 0.240. The summed E-state index contributed by atoms with van der Waals surface area (Å²) < 4.78 is 46.0. The molecule has 0 aliphatic carbocycles. The van der Waals surface area contributed by atoms with Crippen molar-refractivity contribution in [2.45, 2.75) is 11.4 Å². The van der Waals surface area contributed by atoms with E-state index >= 15 is 0 Å². The van der Waals surface area contributed by atoms with Gasteiger partial charge in [-0.2, -0.15) is 0 Å². The molecule has 1 saturated heterocycles. The van der Waals surface area contributed by atoms with E-state index in [1.165, 1.54) is 54.1 Å². The van der Waals surface area contributed by atoms with Gasteiger partial charge in [0, 0.05) is 38.4 Å². The summed E-state index contributed by atoms with van der Waals surface area (Å²) in [5.74, 6) is -0.154. The standard InChI is InChI=1S/C25H26FN3O4S/c26-21-6-8-22(9-7-21)27-34(31,32)24-12-10-23(11-13-24)33-19-25(30)29-16-14-28(15-17-29)18-20-4-2-1-3-5-20/h1-13,27H,14-19H2. The average molecular weight is 484 g/mol. The van der Waals surface area contributed by atoms with Crippen molar-refractivity contribution >= 4 is 21.6 Å². The first kappa shape index (κ1) is 23.7. The highest BCUT2D eigenvalue weighted by molar-refractivity contribution is 7.92. The Morgan fingerprint density at radius 2 is 1.53 bits per heavy atom. The molecule has 178 valence electrons. The number of nitrogens with zero attached hydrogens (tertiary/aromatic N) is 2. The fourth-order valence-electron chi connectivity index (χ4n) is 3.68. The van der Waals surface area contributed by atoms with Crippen LogP contribution in [0.2, 0.25) is 0 Å². The minimum atomic E-state index is -3.83. The normalized spacial score (nSPS) is 14.6. The zero-order chi connectivity index (χ0) is 24.0. The van der Waals surface area contributed by atoms with Gasteiger partial charge in [-0.15, -0.1) is 0 Å². The maximum atomic E-state index is 13.0. The Kier molecular flexibility index (Phi) is 7.44. The molecule has 0 spiro atoms. The van der Waals surface area contributed by atoms with Crippen LogP contribution in [-0.4, -0.2) is 56.9 Å². The highest BCUT2D eigenvalue weighted by Crippen LogP contribution is 2.20.